The van der Waals surface area contributed by atoms with Gasteiger partial charge in [-0.3, -0.25) is 9.59 Å². The second-order valence-corrected chi connectivity index (χ2v) is 14.0. The summed E-state index contributed by atoms with van der Waals surface area (Å²) in [6.45, 7) is 1.67. The number of nitrogens with zero attached hydrogens (tertiary/aromatic N) is 1. The topological polar surface area (TPSA) is 162 Å². The summed E-state index contributed by atoms with van der Waals surface area (Å²) < 4.78 is 70.1. The van der Waals surface area contributed by atoms with Crippen molar-refractivity contribution in [3.05, 3.63) is 86.9 Å². The number of esters is 2. The van der Waals surface area contributed by atoms with E-state index in [1.54, 1.807) is 50.2 Å². The normalized spacial score (nSPS) is 14.0. The van der Waals surface area contributed by atoms with Crippen LogP contribution in [-0.4, -0.2) is 59.4 Å². The molecule has 0 spiro atoms. The van der Waals surface area contributed by atoms with E-state index in [-0.39, 0.29) is 33.8 Å². The standard InChI is InChI=1S/C28H26Cl2N2O10S2/c1-16(2)19-11-18(40-3)12-22-24(19)27(34)32(44(22,38)39)15-42-28(35)25-20(29)9-10-21(26(25)30)43(36,37)31-13-23(33)41-14-17-7-5-4-6-8-17/h4-12,16,31H,13-15H2,1-3H3. The Morgan fingerprint density at radius 3 is 2.34 bits per heavy atom. The Labute approximate surface area is 263 Å². The zero-order chi connectivity index (χ0) is 32.4. The van der Waals surface area contributed by atoms with E-state index in [9.17, 15) is 31.2 Å². The minimum absolute atomic E-state index is 0.0747. The lowest BCUT2D eigenvalue weighted by Crippen LogP contribution is -2.34. The van der Waals surface area contributed by atoms with Crippen LogP contribution < -0.4 is 9.46 Å². The van der Waals surface area contributed by atoms with Crippen molar-refractivity contribution < 1.29 is 45.4 Å². The van der Waals surface area contributed by atoms with Gasteiger partial charge in [0.15, 0.2) is 6.73 Å². The molecular formula is C28H26Cl2N2O10S2. The average Bonchev–Trinajstić information content (AvgIpc) is 3.17. The van der Waals surface area contributed by atoms with Gasteiger partial charge in [-0.2, -0.15) is 9.03 Å². The van der Waals surface area contributed by atoms with Gasteiger partial charge in [-0.15, -0.1) is 0 Å². The maximum Gasteiger partial charge on any atom is 0.342 e. The molecule has 4 rings (SSSR count). The summed E-state index contributed by atoms with van der Waals surface area (Å²) >= 11 is 12.4. The van der Waals surface area contributed by atoms with Gasteiger partial charge in [0.2, 0.25) is 10.0 Å². The van der Waals surface area contributed by atoms with E-state index in [4.69, 9.17) is 37.4 Å². The van der Waals surface area contributed by atoms with Crippen LogP contribution in [0.2, 0.25) is 10.0 Å². The Hall–Kier alpha value is -3.69. The molecule has 12 nitrogen and oxygen atoms in total. The monoisotopic (exact) mass is 684 g/mol. The van der Waals surface area contributed by atoms with Gasteiger partial charge in [0.05, 0.1) is 28.3 Å². The Morgan fingerprint density at radius 2 is 1.70 bits per heavy atom. The fourth-order valence-corrected chi connectivity index (χ4v) is 7.58. The number of halogens is 2. The lowest BCUT2D eigenvalue weighted by Gasteiger charge is -2.17. The van der Waals surface area contributed by atoms with Crippen molar-refractivity contribution in [1.29, 1.82) is 0 Å². The summed E-state index contributed by atoms with van der Waals surface area (Å²) in [6.07, 6.45) is 0. The summed E-state index contributed by atoms with van der Waals surface area (Å²) in [7, 11) is -7.57. The third-order valence-electron chi connectivity index (χ3n) is 6.48. The third-order valence-corrected chi connectivity index (χ3v) is 10.5. The molecule has 0 aromatic heterocycles. The summed E-state index contributed by atoms with van der Waals surface area (Å²) in [4.78, 5) is 37.4. The highest BCUT2D eigenvalue weighted by Gasteiger charge is 2.44. The van der Waals surface area contributed by atoms with Gasteiger partial charge < -0.3 is 14.2 Å². The van der Waals surface area contributed by atoms with Gasteiger partial charge >= 0.3 is 11.9 Å². The second-order valence-electron chi connectivity index (χ2n) is 9.67. The van der Waals surface area contributed by atoms with Gasteiger partial charge in [0.25, 0.3) is 15.9 Å². The Morgan fingerprint density at radius 1 is 1.02 bits per heavy atom. The summed E-state index contributed by atoms with van der Waals surface area (Å²) in [5.41, 5.74) is 0.436. The Kier molecular flexibility index (Phi) is 9.90. The maximum atomic E-state index is 13.2. The molecule has 0 atom stereocenters. The molecule has 44 heavy (non-hydrogen) atoms. The van der Waals surface area contributed by atoms with E-state index in [1.807, 2.05) is 4.72 Å². The predicted molar refractivity (Wildman–Crippen MR) is 159 cm³/mol. The van der Waals surface area contributed by atoms with Crippen molar-refractivity contribution in [1.82, 2.24) is 9.03 Å². The van der Waals surface area contributed by atoms with Crippen molar-refractivity contribution in [3.63, 3.8) is 0 Å². The van der Waals surface area contributed by atoms with E-state index in [2.05, 4.69) is 0 Å². The van der Waals surface area contributed by atoms with Crippen LogP contribution in [0.5, 0.6) is 5.75 Å². The molecule has 3 aromatic rings. The number of carbonyl (C=O) groups excluding carboxylic acids is 3. The SMILES string of the molecule is COc1cc(C(C)C)c2c(c1)S(=O)(=O)N(COC(=O)c1c(Cl)ccc(S(=O)(=O)NCC(=O)OCc3ccccc3)c1Cl)C2=O. The molecular weight excluding hydrogens is 659 g/mol. The third kappa shape index (κ3) is 6.69. The number of amides is 1. The van der Waals surface area contributed by atoms with Crippen LogP contribution in [-0.2, 0) is 40.9 Å². The lowest BCUT2D eigenvalue weighted by atomic mass is 9.96. The summed E-state index contributed by atoms with van der Waals surface area (Å²) in [6, 6.07) is 13.5. The fourth-order valence-electron chi connectivity index (χ4n) is 4.24. The molecule has 0 saturated carbocycles. The first-order valence-corrected chi connectivity index (χ1v) is 16.5. The van der Waals surface area contributed by atoms with E-state index in [0.29, 0.717) is 15.4 Å². The molecule has 234 valence electrons. The van der Waals surface area contributed by atoms with Gasteiger partial charge in [-0.25, -0.2) is 21.6 Å². The molecule has 1 N–H and O–H groups in total. The van der Waals surface area contributed by atoms with Crippen LogP contribution in [0.3, 0.4) is 0 Å². The van der Waals surface area contributed by atoms with Gasteiger partial charge in [0.1, 0.15) is 28.7 Å². The van der Waals surface area contributed by atoms with E-state index < -0.39 is 66.6 Å². The zero-order valence-electron chi connectivity index (χ0n) is 23.5. The number of fused-ring (bicyclic) bond motifs is 1. The highest BCUT2D eigenvalue weighted by atomic mass is 35.5. The number of sulfonamides is 2. The average molecular weight is 686 g/mol. The molecule has 16 heteroatoms. The number of hydrogen-bond donors (Lipinski definition) is 1. The first-order valence-electron chi connectivity index (χ1n) is 12.8. The minimum atomic E-state index is -4.48. The van der Waals surface area contributed by atoms with Gasteiger partial charge in [-0.1, -0.05) is 67.4 Å². The first kappa shape index (κ1) is 33.2. The summed E-state index contributed by atoms with van der Waals surface area (Å²) in [5.74, 6) is -3.13. The first-order chi connectivity index (χ1) is 20.7. The predicted octanol–water partition coefficient (Wildman–Crippen LogP) is 4.11. The number of nitrogens with one attached hydrogen (secondary N) is 1. The van der Waals surface area contributed by atoms with Crippen molar-refractivity contribution in [2.75, 3.05) is 20.4 Å². The Balaban J connectivity index is 1.50. The molecule has 0 unspecified atom stereocenters. The molecule has 3 aromatic carbocycles. The molecule has 0 saturated heterocycles. The molecule has 0 radical (unpaired) electrons. The lowest BCUT2D eigenvalue weighted by molar-refractivity contribution is -0.143. The number of methoxy groups -OCH3 is 1. The second kappa shape index (κ2) is 13.1. The van der Waals surface area contributed by atoms with Crippen molar-refractivity contribution in [3.8, 4) is 5.75 Å². The summed E-state index contributed by atoms with van der Waals surface area (Å²) in [5, 5.41) is -0.967. The molecule has 1 amide bonds. The van der Waals surface area contributed by atoms with Crippen LogP contribution in [0.1, 0.15) is 51.6 Å². The molecule has 1 aliphatic heterocycles. The van der Waals surface area contributed by atoms with Crippen molar-refractivity contribution in [2.24, 2.45) is 0 Å². The quantitative estimate of drug-likeness (QED) is 0.291. The Bertz CT molecular complexity index is 1850. The minimum Gasteiger partial charge on any atom is -0.497 e. The molecule has 1 heterocycles. The smallest absolute Gasteiger partial charge is 0.342 e. The molecule has 0 fully saturated rings. The van der Waals surface area contributed by atoms with Crippen LogP contribution in [0, 0.1) is 0 Å². The maximum absolute atomic E-state index is 13.2. The van der Waals surface area contributed by atoms with Gasteiger partial charge in [0, 0.05) is 6.07 Å². The highest BCUT2D eigenvalue weighted by molar-refractivity contribution is 7.90. The largest absolute Gasteiger partial charge is 0.497 e. The van der Waals surface area contributed by atoms with Crippen LogP contribution >= 0.6 is 23.2 Å². The number of ether oxygens (including phenoxy) is 3. The fraction of sp³-hybridized carbons (Fsp3) is 0.250. The number of hydrogen-bond acceptors (Lipinski definition) is 10. The highest BCUT2D eigenvalue weighted by Crippen LogP contribution is 2.39. The number of benzene rings is 3. The van der Waals surface area contributed by atoms with Crippen molar-refractivity contribution in [2.45, 2.75) is 36.2 Å². The van der Waals surface area contributed by atoms with E-state index in [0.717, 1.165) is 12.1 Å². The van der Waals surface area contributed by atoms with E-state index in [1.165, 1.54) is 13.2 Å². The van der Waals surface area contributed by atoms with Crippen molar-refractivity contribution >= 4 is 61.1 Å². The van der Waals surface area contributed by atoms with E-state index >= 15 is 0 Å². The molecule has 1 aliphatic rings. The number of carbonyl (C=O) groups is 3. The van der Waals surface area contributed by atoms with Crippen LogP contribution in [0.4, 0.5) is 0 Å². The zero-order valence-corrected chi connectivity index (χ0v) is 26.6. The molecule has 0 aliphatic carbocycles. The number of rotatable bonds is 11. The molecule has 0 bridgehead atoms. The van der Waals surface area contributed by atoms with Gasteiger partial charge in [-0.05, 0) is 35.2 Å². The van der Waals surface area contributed by atoms with Crippen LogP contribution in [0.15, 0.2) is 64.4 Å². The van der Waals surface area contributed by atoms with Crippen LogP contribution in [0.25, 0.3) is 0 Å².